The molecule has 0 spiro atoms. The molecule has 0 bridgehead atoms. The normalized spacial score (nSPS) is 11.2. The lowest BCUT2D eigenvalue weighted by Gasteiger charge is -2.13. The number of hydrogen-bond acceptors (Lipinski definition) is 4. The van der Waals surface area contributed by atoms with Gasteiger partial charge in [-0.3, -0.25) is 10.1 Å². The maximum Gasteiger partial charge on any atom is 0.416 e. The first kappa shape index (κ1) is 17.1. The van der Waals surface area contributed by atoms with Crippen LogP contribution in [-0.2, 0) is 6.18 Å². The van der Waals surface area contributed by atoms with Crippen molar-refractivity contribution in [2.45, 2.75) is 6.18 Å². The summed E-state index contributed by atoms with van der Waals surface area (Å²) >= 11 is 8.75. The van der Waals surface area contributed by atoms with Gasteiger partial charge in [0.25, 0.3) is 0 Å². The molecule has 0 atom stereocenters. The first-order valence-electron chi connectivity index (χ1n) is 5.51. The molecule has 0 radical (unpaired) electrons. The Kier molecular flexibility index (Phi) is 4.50. The SMILES string of the molecule is [N-]=[N+]=Nc1c([N+](=O)[O-])cnn1-c1c(Cl)cc(C(F)(F)F)cc1Br. The minimum Gasteiger partial charge on any atom is -0.258 e. The van der Waals surface area contributed by atoms with E-state index in [2.05, 4.69) is 31.1 Å². The predicted molar refractivity (Wildman–Crippen MR) is 76.7 cm³/mol. The van der Waals surface area contributed by atoms with Crippen molar-refractivity contribution >= 4 is 39.0 Å². The summed E-state index contributed by atoms with van der Waals surface area (Å²) < 4.78 is 38.9. The van der Waals surface area contributed by atoms with Gasteiger partial charge in [0.1, 0.15) is 6.20 Å². The van der Waals surface area contributed by atoms with E-state index in [-0.39, 0.29) is 15.2 Å². The molecule has 0 saturated heterocycles. The number of nitro groups is 1. The van der Waals surface area contributed by atoms with Crippen molar-refractivity contribution in [2.24, 2.45) is 5.11 Å². The minimum absolute atomic E-state index is 0.129. The Morgan fingerprint density at radius 1 is 1.48 bits per heavy atom. The van der Waals surface area contributed by atoms with Crippen LogP contribution in [0.5, 0.6) is 0 Å². The summed E-state index contributed by atoms with van der Waals surface area (Å²) in [4.78, 5) is 12.5. The summed E-state index contributed by atoms with van der Waals surface area (Å²) in [5.41, 5.74) is 6.73. The third-order valence-corrected chi connectivity index (χ3v) is 3.51. The van der Waals surface area contributed by atoms with Crippen molar-refractivity contribution < 1.29 is 18.1 Å². The summed E-state index contributed by atoms with van der Waals surface area (Å²) in [5.74, 6) is -0.514. The highest BCUT2D eigenvalue weighted by atomic mass is 79.9. The number of azide groups is 1. The molecule has 23 heavy (non-hydrogen) atoms. The number of nitrogens with zero attached hydrogens (tertiary/aromatic N) is 6. The van der Waals surface area contributed by atoms with E-state index in [0.29, 0.717) is 6.07 Å². The van der Waals surface area contributed by atoms with Crippen LogP contribution in [0.3, 0.4) is 0 Å². The lowest BCUT2D eigenvalue weighted by Crippen LogP contribution is -2.07. The number of halogens is 5. The molecule has 0 aliphatic heterocycles. The lowest BCUT2D eigenvalue weighted by atomic mass is 10.2. The number of alkyl halides is 3. The largest absolute Gasteiger partial charge is 0.416 e. The van der Waals surface area contributed by atoms with Crippen molar-refractivity contribution in [3.05, 3.63) is 53.9 Å². The zero-order chi connectivity index (χ0) is 17.4. The lowest BCUT2D eigenvalue weighted by molar-refractivity contribution is -0.384. The van der Waals surface area contributed by atoms with Crippen molar-refractivity contribution in [1.82, 2.24) is 9.78 Å². The Bertz CT molecular complexity index is 823. The molecule has 0 N–H and O–H groups in total. The molecule has 2 aromatic rings. The van der Waals surface area contributed by atoms with Gasteiger partial charge in [-0.15, -0.1) is 0 Å². The summed E-state index contributed by atoms with van der Waals surface area (Å²) in [5, 5.41) is 17.3. The van der Waals surface area contributed by atoms with Crippen LogP contribution >= 0.6 is 27.5 Å². The maximum absolute atomic E-state index is 12.7. The summed E-state index contributed by atoms with van der Waals surface area (Å²) in [6.07, 6.45) is -3.83. The molecule has 0 aliphatic carbocycles. The second kappa shape index (κ2) is 6.07. The molecule has 0 amide bonds. The molecule has 1 aromatic carbocycles. The summed E-state index contributed by atoms with van der Waals surface area (Å²) in [6, 6.07) is 1.36. The fourth-order valence-corrected chi connectivity index (χ4v) is 2.73. The molecule has 0 unspecified atom stereocenters. The van der Waals surface area contributed by atoms with E-state index in [1.807, 2.05) is 0 Å². The van der Waals surface area contributed by atoms with E-state index in [1.54, 1.807) is 0 Å². The van der Waals surface area contributed by atoms with E-state index in [4.69, 9.17) is 17.1 Å². The number of rotatable bonds is 3. The van der Waals surface area contributed by atoms with Gasteiger partial charge in [-0.2, -0.15) is 18.3 Å². The predicted octanol–water partition coefficient (Wildman–Crippen LogP) is 5.16. The summed E-state index contributed by atoms with van der Waals surface area (Å²) in [6.45, 7) is 0. The molecule has 13 heteroatoms. The highest BCUT2D eigenvalue weighted by Gasteiger charge is 2.33. The van der Waals surface area contributed by atoms with E-state index >= 15 is 0 Å². The fraction of sp³-hybridized carbons (Fsp3) is 0.100. The van der Waals surface area contributed by atoms with E-state index in [9.17, 15) is 23.3 Å². The quantitative estimate of drug-likeness (QED) is 0.229. The smallest absolute Gasteiger partial charge is 0.258 e. The monoisotopic (exact) mass is 410 g/mol. The molecular formula is C10H3BrClF3N6O2. The van der Waals surface area contributed by atoms with Gasteiger partial charge in [0.15, 0.2) is 0 Å². The molecule has 120 valence electrons. The average Bonchev–Trinajstić information content (AvgIpc) is 2.81. The Morgan fingerprint density at radius 2 is 2.13 bits per heavy atom. The van der Waals surface area contributed by atoms with Crippen molar-refractivity contribution in [1.29, 1.82) is 0 Å². The zero-order valence-electron chi connectivity index (χ0n) is 10.6. The summed E-state index contributed by atoms with van der Waals surface area (Å²) in [7, 11) is 0. The van der Waals surface area contributed by atoms with Crippen LogP contribution in [-0.4, -0.2) is 14.7 Å². The van der Waals surface area contributed by atoms with Crippen LogP contribution in [0.1, 0.15) is 5.56 Å². The molecule has 0 saturated carbocycles. The molecule has 2 rings (SSSR count). The molecule has 1 heterocycles. The van der Waals surface area contributed by atoms with Crippen molar-refractivity contribution in [3.8, 4) is 5.69 Å². The van der Waals surface area contributed by atoms with Gasteiger partial charge in [-0.05, 0) is 38.7 Å². The van der Waals surface area contributed by atoms with Crippen molar-refractivity contribution in [3.63, 3.8) is 0 Å². The third kappa shape index (κ3) is 3.23. The Morgan fingerprint density at radius 3 is 2.61 bits per heavy atom. The van der Waals surface area contributed by atoms with E-state index < -0.39 is 28.2 Å². The minimum atomic E-state index is -4.63. The second-order valence-corrected chi connectivity index (χ2v) is 5.26. The second-order valence-electron chi connectivity index (χ2n) is 4.00. The van der Waals surface area contributed by atoms with E-state index in [0.717, 1.165) is 16.9 Å². The van der Waals surface area contributed by atoms with Gasteiger partial charge in [0.2, 0.25) is 5.82 Å². The Balaban J connectivity index is 2.73. The number of aromatic nitrogens is 2. The first-order valence-corrected chi connectivity index (χ1v) is 6.68. The van der Waals surface area contributed by atoms with Crippen LogP contribution < -0.4 is 0 Å². The average molecular weight is 412 g/mol. The Labute approximate surface area is 138 Å². The number of hydrogen-bond donors (Lipinski definition) is 0. The van der Waals surface area contributed by atoms with Crippen LogP contribution in [0, 0.1) is 10.1 Å². The molecule has 0 fully saturated rings. The molecule has 1 aromatic heterocycles. The highest BCUT2D eigenvalue weighted by molar-refractivity contribution is 9.10. The topological polar surface area (TPSA) is 110 Å². The third-order valence-electron chi connectivity index (χ3n) is 2.62. The van der Waals surface area contributed by atoms with Crippen LogP contribution in [0.2, 0.25) is 5.02 Å². The zero-order valence-corrected chi connectivity index (χ0v) is 13.0. The van der Waals surface area contributed by atoms with Gasteiger partial charge < -0.3 is 0 Å². The maximum atomic E-state index is 12.7. The van der Waals surface area contributed by atoms with Gasteiger partial charge in [0, 0.05) is 9.38 Å². The highest BCUT2D eigenvalue weighted by Crippen LogP contribution is 2.40. The van der Waals surface area contributed by atoms with Gasteiger partial charge in [-0.1, -0.05) is 11.6 Å². The Hall–Kier alpha value is -2.30. The first-order chi connectivity index (χ1) is 10.7. The van der Waals surface area contributed by atoms with Crippen LogP contribution in [0.25, 0.3) is 16.1 Å². The molecule has 8 nitrogen and oxygen atoms in total. The van der Waals surface area contributed by atoms with Crippen molar-refractivity contribution in [2.75, 3.05) is 0 Å². The van der Waals surface area contributed by atoms with E-state index in [1.165, 1.54) is 0 Å². The molecular weight excluding hydrogens is 409 g/mol. The standard InChI is InChI=1S/C10H3BrClF3N6O2/c11-5-1-4(10(13,14)15)2-6(12)8(5)20-9(18-19-16)7(3-17-20)21(22)23/h1-3H. The van der Waals surface area contributed by atoms with Crippen LogP contribution in [0.4, 0.5) is 24.7 Å². The van der Waals surface area contributed by atoms with Gasteiger partial charge in [-0.25, -0.2) is 4.68 Å². The van der Waals surface area contributed by atoms with Crippen LogP contribution in [0.15, 0.2) is 27.9 Å². The number of benzene rings is 1. The van der Waals surface area contributed by atoms with Gasteiger partial charge in [0.05, 0.1) is 21.2 Å². The molecule has 0 aliphatic rings. The fourth-order valence-electron chi connectivity index (χ4n) is 1.69. The van der Waals surface area contributed by atoms with Gasteiger partial charge >= 0.3 is 11.9 Å².